The molecule has 7 rings (SSSR count). The summed E-state index contributed by atoms with van der Waals surface area (Å²) in [5.74, 6) is 6.18. The lowest BCUT2D eigenvalue weighted by atomic mass is 8.96. The molecule has 13 atom stereocenters. The number of ether oxygens (including phenoxy) is 2. The molecule has 6 saturated carbocycles. The van der Waals surface area contributed by atoms with E-state index in [0.717, 1.165) is 80.5 Å². The summed E-state index contributed by atoms with van der Waals surface area (Å²) in [6.07, 6.45) is 7.10. The Morgan fingerprint density at radius 3 is 1.72 bits per heavy atom. The summed E-state index contributed by atoms with van der Waals surface area (Å²) in [6, 6.07) is -3.35. The third kappa shape index (κ3) is 9.20. The summed E-state index contributed by atoms with van der Waals surface area (Å²) in [5, 5.41) is 65.0. The SMILES string of the molecule is CCCCCCCCCCCCCC[C@@H](O)[C@@H](O)[C@H](COC1OC(CO)C(O)C(O)C1O)N[C@@H](CCCCCCCCCCC12C3C4C5C3C1C5(Br)C42)C(F)(F)F. The highest BCUT2D eigenvalue weighted by molar-refractivity contribution is 9.10. The quantitative estimate of drug-likeness (QED) is 0.0273. The van der Waals surface area contributed by atoms with Crippen molar-refractivity contribution in [2.45, 2.75) is 220 Å². The zero-order valence-corrected chi connectivity index (χ0v) is 35.9. The number of alkyl halides is 4. The van der Waals surface area contributed by atoms with E-state index in [9.17, 15) is 43.8 Å². The van der Waals surface area contributed by atoms with Gasteiger partial charge in [0.2, 0.25) is 0 Å². The van der Waals surface area contributed by atoms with Gasteiger partial charge in [-0.2, -0.15) is 13.2 Å². The molecule has 0 bridgehead atoms. The first-order valence-corrected chi connectivity index (χ1v) is 23.9. The molecule has 0 aromatic rings. The van der Waals surface area contributed by atoms with Crippen LogP contribution in [0.5, 0.6) is 0 Å². The van der Waals surface area contributed by atoms with Gasteiger partial charge in [0.05, 0.1) is 31.5 Å². The second-order valence-corrected chi connectivity index (χ2v) is 20.5. The summed E-state index contributed by atoms with van der Waals surface area (Å²) in [5.41, 5.74) is 0.710. The number of aliphatic hydroxyl groups is 6. The first-order chi connectivity index (χ1) is 27.3. The number of nitrogens with one attached hydrogen (secondary N) is 1. The first kappa shape index (κ1) is 46.4. The van der Waals surface area contributed by atoms with Crippen LogP contribution in [0.1, 0.15) is 155 Å². The van der Waals surface area contributed by atoms with E-state index in [1.807, 2.05) is 0 Å². The van der Waals surface area contributed by atoms with Gasteiger partial charge in [0.1, 0.15) is 30.5 Å². The largest absolute Gasteiger partial charge is 0.403 e. The van der Waals surface area contributed by atoms with Crippen LogP contribution in [0.15, 0.2) is 0 Å². The van der Waals surface area contributed by atoms with E-state index in [2.05, 4.69) is 28.2 Å². The Hall–Kier alpha value is -0.0900. The molecular weight excluding hydrogens is 807 g/mol. The van der Waals surface area contributed by atoms with Gasteiger partial charge >= 0.3 is 6.18 Å². The number of unbranched alkanes of at least 4 members (excludes halogenated alkanes) is 18. The van der Waals surface area contributed by atoms with Gasteiger partial charge in [-0.1, -0.05) is 151 Å². The van der Waals surface area contributed by atoms with Crippen LogP contribution < -0.4 is 5.32 Å². The van der Waals surface area contributed by atoms with Gasteiger partial charge < -0.3 is 40.1 Å². The maximum Gasteiger partial charge on any atom is 0.403 e. The predicted octanol–water partition coefficient (Wildman–Crippen LogP) is 7.29. The molecule has 6 aliphatic carbocycles. The Morgan fingerprint density at radius 1 is 0.702 bits per heavy atom. The highest BCUT2D eigenvalue weighted by atomic mass is 79.9. The molecule has 7 N–H and O–H groups in total. The van der Waals surface area contributed by atoms with Gasteiger partial charge in [-0.25, -0.2) is 0 Å². The minimum atomic E-state index is -4.63. The summed E-state index contributed by atoms with van der Waals surface area (Å²) in [4.78, 5) is 0. The average molecular weight is 883 g/mol. The van der Waals surface area contributed by atoms with Gasteiger partial charge in [-0.15, -0.1) is 0 Å². The van der Waals surface area contributed by atoms with E-state index in [1.165, 1.54) is 70.6 Å². The highest BCUT2D eigenvalue weighted by Gasteiger charge is 3.08. The van der Waals surface area contributed by atoms with Crippen molar-refractivity contribution in [2.24, 2.45) is 40.9 Å². The lowest BCUT2D eigenvalue weighted by Gasteiger charge is -3.11. The van der Waals surface area contributed by atoms with Gasteiger partial charge in [0.15, 0.2) is 6.29 Å². The molecule has 7 fully saturated rings. The molecule has 1 saturated heterocycles. The third-order valence-corrected chi connectivity index (χ3v) is 17.3. The minimum Gasteiger partial charge on any atom is -0.394 e. The highest BCUT2D eigenvalue weighted by Crippen LogP contribution is 3.09. The zero-order chi connectivity index (χ0) is 41.0. The van der Waals surface area contributed by atoms with E-state index < -0.39 is 74.4 Å². The van der Waals surface area contributed by atoms with Crippen molar-refractivity contribution < 1.29 is 53.3 Å². The van der Waals surface area contributed by atoms with Gasteiger partial charge in [0, 0.05) is 4.32 Å². The number of halogens is 4. The first-order valence-electron chi connectivity index (χ1n) is 23.2. The Kier molecular flexibility index (Phi) is 16.6. The van der Waals surface area contributed by atoms with Crippen molar-refractivity contribution in [1.82, 2.24) is 5.32 Å². The smallest absolute Gasteiger partial charge is 0.394 e. The van der Waals surface area contributed by atoms with E-state index in [4.69, 9.17) is 9.47 Å². The van der Waals surface area contributed by atoms with Gasteiger partial charge in [0.25, 0.3) is 0 Å². The maximum absolute atomic E-state index is 14.4. The number of hydrogen-bond donors (Lipinski definition) is 7. The number of aliphatic hydroxyl groups excluding tert-OH is 6. The molecule has 9 nitrogen and oxygen atoms in total. The lowest BCUT2D eigenvalue weighted by Crippen LogP contribution is -3.11. The van der Waals surface area contributed by atoms with Crippen molar-refractivity contribution in [3.8, 4) is 0 Å². The molecule has 0 aromatic heterocycles. The van der Waals surface area contributed by atoms with Crippen LogP contribution in [0.3, 0.4) is 0 Å². The number of rotatable bonds is 32. The van der Waals surface area contributed by atoms with Crippen LogP contribution in [0.2, 0.25) is 0 Å². The third-order valence-electron chi connectivity index (χ3n) is 15.8. The fourth-order valence-electron chi connectivity index (χ4n) is 12.9. The van der Waals surface area contributed by atoms with Crippen LogP contribution in [0.25, 0.3) is 0 Å². The molecule has 13 heteroatoms. The maximum atomic E-state index is 14.4. The Labute approximate surface area is 347 Å². The minimum absolute atomic E-state index is 0.203. The van der Waals surface area contributed by atoms with Gasteiger partial charge in [-0.05, 0) is 60.2 Å². The Bertz CT molecular complexity index is 1210. The lowest BCUT2D eigenvalue weighted by molar-refractivity contribution is -0.595. The second kappa shape index (κ2) is 20.4. The molecule has 0 radical (unpaired) electrons. The summed E-state index contributed by atoms with van der Waals surface area (Å²) >= 11 is 4.09. The molecule has 9 unspecified atom stereocenters. The average Bonchev–Trinajstić information content (AvgIpc) is 3.18. The van der Waals surface area contributed by atoms with Crippen molar-refractivity contribution in [3.05, 3.63) is 0 Å². The standard InChI is InChI=1S/C44H75BrF3NO8/c1-2-3-4-5-6-7-8-9-10-13-16-19-22-28(51)35(52)27(26-56-41-38(55)37(54)36(53)29(25-50)57-41)49-30(44(46,47)48)23-20-17-14-11-12-15-18-21-24-42-33-31-34-32(33)40(42)43(34,45)39(31)42/h27-41,49-55H,2-26H2,1H3/t27-,28+,29?,30-,31?,32?,33?,34?,35-,36?,37?,38?,39?,40?,41?,42?,43?/m0/s1. The van der Waals surface area contributed by atoms with E-state index in [-0.39, 0.29) is 12.8 Å². The molecule has 332 valence electrons. The Balaban J connectivity index is 0.889. The molecule has 1 heterocycles. The molecule has 0 amide bonds. The molecule has 0 aromatic carbocycles. The van der Waals surface area contributed by atoms with Gasteiger partial charge in [-0.3, -0.25) is 5.32 Å². The molecule has 57 heavy (non-hydrogen) atoms. The topological polar surface area (TPSA) is 152 Å². The normalized spacial score (nSPS) is 38.9. The van der Waals surface area contributed by atoms with Crippen LogP contribution in [0.4, 0.5) is 13.2 Å². The van der Waals surface area contributed by atoms with E-state index >= 15 is 0 Å². The van der Waals surface area contributed by atoms with Crippen molar-refractivity contribution in [3.63, 3.8) is 0 Å². The second-order valence-electron chi connectivity index (χ2n) is 19.1. The molecule has 0 spiro atoms. The molecular formula is C44H75BrF3NO8. The van der Waals surface area contributed by atoms with Crippen molar-refractivity contribution >= 4 is 15.9 Å². The monoisotopic (exact) mass is 881 g/mol. The fourth-order valence-corrected chi connectivity index (χ4v) is 15.0. The fraction of sp³-hybridized carbons (Fsp3) is 1.00. The predicted molar refractivity (Wildman–Crippen MR) is 215 cm³/mol. The zero-order valence-electron chi connectivity index (χ0n) is 34.3. The Morgan fingerprint density at radius 2 is 1.21 bits per heavy atom. The summed E-state index contributed by atoms with van der Waals surface area (Å²) in [7, 11) is 0. The molecule has 1 aliphatic heterocycles. The summed E-state index contributed by atoms with van der Waals surface area (Å²) < 4.78 is 54.8. The van der Waals surface area contributed by atoms with Crippen LogP contribution in [0, 0.1) is 40.9 Å². The van der Waals surface area contributed by atoms with Crippen molar-refractivity contribution in [1.29, 1.82) is 0 Å². The van der Waals surface area contributed by atoms with Crippen LogP contribution >= 0.6 is 15.9 Å². The van der Waals surface area contributed by atoms with Crippen molar-refractivity contribution in [2.75, 3.05) is 13.2 Å². The van der Waals surface area contributed by atoms with E-state index in [1.54, 1.807) is 0 Å². The molecule has 7 aliphatic rings. The van der Waals surface area contributed by atoms with E-state index in [0.29, 0.717) is 29.0 Å². The van der Waals surface area contributed by atoms with Crippen LogP contribution in [-0.2, 0) is 9.47 Å². The summed E-state index contributed by atoms with van der Waals surface area (Å²) in [6.45, 7) is 0.934. The number of hydrogen-bond acceptors (Lipinski definition) is 9. The van der Waals surface area contributed by atoms with Crippen LogP contribution in [-0.4, -0.2) is 109 Å².